The smallest absolute Gasteiger partial charge is 0.243 e. The van der Waals surface area contributed by atoms with E-state index in [1.54, 1.807) is 6.20 Å². The molecule has 1 aliphatic heterocycles. The Bertz CT molecular complexity index is 1530. The SMILES string of the molecule is CC(C)(CCCOc1ccc2ncccc2c1)C(=O)NC1CCN(S(=O)(=O)c2ccc(S(C)(=O)=O)cc2)CC1. The highest BCUT2D eigenvalue weighted by molar-refractivity contribution is 7.90. The van der Waals surface area contributed by atoms with Gasteiger partial charge in [-0.2, -0.15) is 4.31 Å². The molecule has 1 aromatic heterocycles. The molecule has 1 fully saturated rings. The second-order valence-electron chi connectivity index (χ2n) is 10.6. The van der Waals surface area contributed by atoms with E-state index in [0.29, 0.717) is 32.3 Å². The zero-order chi connectivity index (χ0) is 28.3. The van der Waals surface area contributed by atoms with Crippen molar-refractivity contribution in [1.82, 2.24) is 14.6 Å². The van der Waals surface area contributed by atoms with Crippen molar-refractivity contribution < 1.29 is 26.4 Å². The van der Waals surface area contributed by atoms with E-state index in [-0.39, 0.29) is 34.8 Å². The monoisotopic (exact) mass is 573 g/mol. The summed E-state index contributed by atoms with van der Waals surface area (Å²) >= 11 is 0. The predicted molar refractivity (Wildman–Crippen MR) is 150 cm³/mol. The summed E-state index contributed by atoms with van der Waals surface area (Å²) in [7, 11) is -7.15. The van der Waals surface area contributed by atoms with E-state index in [4.69, 9.17) is 4.74 Å². The number of aromatic nitrogens is 1. The molecule has 0 bridgehead atoms. The molecule has 4 rings (SSSR count). The van der Waals surface area contributed by atoms with Gasteiger partial charge >= 0.3 is 0 Å². The molecule has 0 spiro atoms. The number of nitrogens with one attached hydrogen (secondary N) is 1. The van der Waals surface area contributed by atoms with Crippen molar-refractivity contribution in [3.63, 3.8) is 0 Å². The third-order valence-corrected chi connectivity index (χ3v) is 10.1. The summed E-state index contributed by atoms with van der Waals surface area (Å²) in [5, 5.41) is 4.11. The van der Waals surface area contributed by atoms with Crippen molar-refractivity contribution in [2.24, 2.45) is 5.41 Å². The van der Waals surface area contributed by atoms with Crippen molar-refractivity contribution in [1.29, 1.82) is 0 Å². The molecule has 0 radical (unpaired) electrons. The molecule has 1 saturated heterocycles. The molecule has 2 heterocycles. The van der Waals surface area contributed by atoms with E-state index in [9.17, 15) is 21.6 Å². The number of benzene rings is 2. The minimum atomic E-state index is -3.75. The van der Waals surface area contributed by atoms with Crippen LogP contribution in [0.5, 0.6) is 5.75 Å². The molecule has 1 N–H and O–H groups in total. The van der Waals surface area contributed by atoms with Crippen LogP contribution in [0.4, 0.5) is 0 Å². The highest BCUT2D eigenvalue weighted by atomic mass is 32.2. The van der Waals surface area contributed by atoms with Crippen molar-refractivity contribution in [3.8, 4) is 5.75 Å². The third-order valence-electron chi connectivity index (χ3n) is 7.08. The van der Waals surface area contributed by atoms with Crippen molar-refractivity contribution in [3.05, 3.63) is 60.8 Å². The van der Waals surface area contributed by atoms with Crippen LogP contribution in [0.1, 0.15) is 39.5 Å². The number of ether oxygens (including phenoxy) is 1. The average molecular weight is 574 g/mol. The lowest BCUT2D eigenvalue weighted by Gasteiger charge is -2.33. The molecule has 0 atom stereocenters. The number of nitrogens with zero attached hydrogens (tertiary/aromatic N) is 2. The van der Waals surface area contributed by atoms with Gasteiger partial charge in [0.15, 0.2) is 9.84 Å². The van der Waals surface area contributed by atoms with E-state index < -0.39 is 25.3 Å². The third kappa shape index (κ3) is 7.14. The fourth-order valence-electron chi connectivity index (χ4n) is 4.59. The number of piperidine rings is 1. The first kappa shape index (κ1) is 29.0. The normalized spacial score (nSPS) is 15.8. The zero-order valence-corrected chi connectivity index (χ0v) is 24.1. The van der Waals surface area contributed by atoms with E-state index >= 15 is 0 Å². The first-order chi connectivity index (χ1) is 18.4. The van der Waals surface area contributed by atoms with Crippen LogP contribution in [0.2, 0.25) is 0 Å². The zero-order valence-electron chi connectivity index (χ0n) is 22.5. The van der Waals surface area contributed by atoms with E-state index in [1.165, 1.54) is 28.6 Å². The second-order valence-corrected chi connectivity index (χ2v) is 14.5. The van der Waals surface area contributed by atoms with E-state index in [2.05, 4.69) is 10.3 Å². The lowest BCUT2D eigenvalue weighted by molar-refractivity contribution is -0.130. The minimum Gasteiger partial charge on any atom is -0.494 e. The molecule has 1 aliphatic rings. The number of carbonyl (C=O) groups excluding carboxylic acids is 1. The summed E-state index contributed by atoms with van der Waals surface area (Å²) in [4.78, 5) is 17.5. The van der Waals surface area contributed by atoms with Gasteiger partial charge in [-0.1, -0.05) is 19.9 Å². The Labute approximate surface area is 230 Å². The summed E-state index contributed by atoms with van der Waals surface area (Å²) in [6, 6.07) is 14.8. The van der Waals surface area contributed by atoms with Crippen molar-refractivity contribution in [2.75, 3.05) is 26.0 Å². The van der Waals surface area contributed by atoms with Gasteiger partial charge in [0.25, 0.3) is 0 Å². The fourth-order valence-corrected chi connectivity index (χ4v) is 6.69. The number of hydrogen-bond donors (Lipinski definition) is 1. The second kappa shape index (κ2) is 11.6. The highest BCUT2D eigenvalue weighted by Gasteiger charge is 2.33. The van der Waals surface area contributed by atoms with Gasteiger partial charge in [0.2, 0.25) is 15.9 Å². The molecule has 2 aromatic carbocycles. The molecule has 0 aliphatic carbocycles. The topological polar surface area (TPSA) is 123 Å². The lowest BCUT2D eigenvalue weighted by Crippen LogP contribution is -2.49. The van der Waals surface area contributed by atoms with Crippen LogP contribution >= 0.6 is 0 Å². The molecule has 11 heteroatoms. The van der Waals surface area contributed by atoms with Crippen LogP contribution < -0.4 is 10.1 Å². The van der Waals surface area contributed by atoms with Gasteiger partial charge in [-0.15, -0.1) is 0 Å². The van der Waals surface area contributed by atoms with E-state index in [1.807, 2.05) is 44.2 Å². The summed E-state index contributed by atoms with van der Waals surface area (Å²) in [6.07, 6.45) is 5.19. The summed E-state index contributed by atoms with van der Waals surface area (Å²) in [5.74, 6) is 0.711. The van der Waals surface area contributed by atoms with Gasteiger partial charge in [-0.3, -0.25) is 9.78 Å². The molecule has 39 heavy (non-hydrogen) atoms. The van der Waals surface area contributed by atoms with Gasteiger partial charge in [0.05, 0.1) is 21.9 Å². The van der Waals surface area contributed by atoms with Gasteiger partial charge < -0.3 is 10.1 Å². The number of sulfone groups is 1. The van der Waals surface area contributed by atoms with E-state index in [0.717, 1.165) is 22.9 Å². The largest absolute Gasteiger partial charge is 0.494 e. The lowest BCUT2D eigenvalue weighted by atomic mass is 9.86. The van der Waals surface area contributed by atoms with Crippen LogP contribution in [0.25, 0.3) is 10.9 Å². The maximum absolute atomic E-state index is 13.0. The van der Waals surface area contributed by atoms with Crippen molar-refractivity contribution in [2.45, 2.75) is 55.4 Å². The number of amides is 1. The first-order valence-corrected chi connectivity index (χ1v) is 16.3. The molecule has 1 amide bonds. The molecule has 0 unspecified atom stereocenters. The Balaban J connectivity index is 1.23. The van der Waals surface area contributed by atoms with Gasteiger partial charge in [0.1, 0.15) is 5.75 Å². The molecule has 0 saturated carbocycles. The highest BCUT2D eigenvalue weighted by Crippen LogP contribution is 2.26. The maximum atomic E-state index is 13.0. The number of rotatable bonds is 10. The Hall–Kier alpha value is -3.02. The number of sulfonamides is 1. The average Bonchev–Trinajstić information content (AvgIpc) is 2.91. The standard InChI is InChI=1S/C28H35N3O6S2/c1-28(2,15-5-19-37-23-7-12-26-21(20-23)6-4-16-29-26)27(32)30-22-13-17-31(18-14-22)39(35,36)25-10-8-24(9-11-25)38(3,33)34/h4,6-12,16,20,22H,5,13-15,17-19H2,1-3H3,(H,30,32). The maximum Gasteiger partial charge on any atom is 0.243 e. The Morgan fingerprint density at radius 1 is 1.03 bits per heavy atom. The van der Waals surface area contributed by atoms with Crippen LogP contribution in [0.15, 0.2) is 70.6 Å². The predicted octanol–water partition coefficient (Wildman–Crippen LogP) is 3.79. The van der Waals surface area contributed by atoms with Crippen LogP contribution in [0.3, 0.4) is 0 Å². The summed E-state index contributed by atoms with van der Waals surface area (Å²) in [5.41, 5.74) is 0.315. The quantitative estimate of drug-likeness (QED) is 0.366. The first-order valence-electron chi connectivity index (χ1n) is 13.0. The van der Waals surface area contributed by atoms with Gasteiger partial charge in [-0.05, 0) is 74.2 Å². The summed E-state index contributed by atoms with van der Waals surface area (Å²) < 4.78 is 56.6. The number of carbonyl (C=O) groups is 1. The number of hydrogen-bond acceptors (Lipinski definition) is 7. The van der Waals surface area contributed by atoms with Crippen LogP contribution in [-0.2, 0) is 24.7 Å². The molecular formula is C28H35N3O6S2. The Kier molecular flexibility index (Phi) is 8.63. The van der Waals surface area contributed by atoms with Gasteiger partial charge in [0, 0.05) is 42.4 Å². The van der Waals surface area contributed by atoms with Crippen LogP contribution in [0, 0.1) is 5.41 Å². The fraction of sp³-hybridized carbons (Fsp3) is 0.429. The Morgan fingerprint density at radius 3 is 2.36 bits per heavy atom. The molecule has 3 aromatic rings. The van der Waals surface area contributed by atoms with Crippen molar-refractivity contribution >= 4 is 36.7 Å². The summed E-state index contributed by atoms with van der Waals surface area (Å²) in [6.45, 7) is 4.85. The minimum absolute atomic E-state index is 0.0566. The molecular weight excluding hydrogens is 538 g/mol. The number of fused-ring (bicyclic) bond motifs is 1. The molecule has 9 nitrogen and oxygen atoms in total. The Morgan fingerprint density at radius 2 is 1.69 bits per heavy atom. The number of pyridine rings is 1. The van der Waals surface area contributed by atoms with Gasteiger partial charge in [-0.25, -0.2) is 16.8 Å². The van der Waals surface area contributed by atoms with Crippen LogP contribution in [-0.4, -0.2) is 64.0 Å². The molecule has 210 valence electrons.